The lowest BCUT2D eigenvalue weighted by atomic mass is 10.1. The van der Waals surface area contributed by atoms with Gasteiger partial charge in [-0.1, -0.05) is 30.3 Å². The van der Waals surface area contributed by atoms with Gasteiger partial charge in [-0.2, -0.15) is 0 Å². The van der Waals surface area contributed by atoms with Gasteiger partial charge in [0, 0.05) is 39.6 Å². The fraction of sp³-hybridized carbons (Fsp3) is 0.417. The van der Waals surface area contributed by atoms with Gasteiger partial charge in [0.2, 0.25) is 12.7 Å². The van der Waals surface area contributed by atoms with Crippen LogP contribution in [0, 0.1) is 0 Å². The van der Waals surface area contributed by atoms with Crippen molar-refractivity contribution in [3.05, 3.63) is 59.2 Å². The topological polar surface area (TPSA) is 66.4 Å². The first-order chi connectivity index (χ1) is 15.1. The van der Waals surface area contributed by atoms with Gasteiger partial charge in [0.05, 0.1) is 6.54 Å². The van der Waals surface area contributed by atoms with Crippen molar-refractivity contribution in [1.29, 1.82) is 0 Å². The lowest BCUT2D eigenvalue weighted by Crippen LogP contribution is -2.38. The Labute approximate surface area is 183 Å². The maximum Gasteiger partial charge on any atom is 0.231 e. The van der Waals surface area contributed by atoms with Crippen LogP contribution in [0.4, 0.5) is 0 Å². The number of fused-ring (bicyclic) bond motifs is 1. The Bertz CT molecular complexity index is 960. The first-order valence-corrected chi connectivity index (χ1v) is 10.9. The van der Waals surface area contributed by atoms with Gasteiger partial charge in [0.15, 0.2) is 17.5 Å². The zero-order chi connectivity index (χ0) is 21.6. The van der Waals surface area contributed by atoms with E-state index in [4.69, 9.17) is 14.5 Å². The number of carbonyl (C=O) groups is 1. The summed E-state index contributed by atoms with van der Waals surface area (Å²) in [4.78, 5) is 20.8. The first kappa shape index (κ1) is 21.0. The molecule has 0 spiro atoms. The monoisotopic (exact) mass is 422 g/mol. The van der Waals surface area contributed by atoms with Crippen molar-refractivity contribution in [1.82, 2.24) is 15.1 Å². The molecule has 1 N–H and O–H groups in total. The Morgan fingerprint density at radius 2 is 1.97 bits per heavy atom. The second kappa shape index (κ2) is 9.73. The fourth-order valence-electron chi connectivity index (χ4n) is 3.94. The molecule has 0 bridgehead atoms. The summed E-state index contributed by atoms with van der Waals surface area (Å²) in [6, 6.07) is 14.4. The Kier molecular flexibility index (Phi) is 6.60. The van der Waals surface area contributed by atoms with E-state index in [9.17, 15) is 4.79 Å². The standard InChI is InChI=1S/C24H30N4O3/c1-3-25-24(27(2)15-20-9-10-21-22(13-20)31-17-30-21)26-14-18-6-4-7-19(12-18)16-28-11-5-8-23(28)29/h4,6-7,9-10,12-13H,3,5,8,11,14-17H2,1-2H3,(H,25,26). The molecular weight excluding hydrogens is 392 g/mol. The number of nitrogens with one attached hydrogen (secondary N) is 1. The van der Waals surface area contributed by atoms with E-state index >= 15 is 0 Å². The number of ether oxygens (including phenoxy) is 2. The molecule has 0 unspecified atom stereocenters. The molecule has 1 amide bonds. The zero-order valence-corrected chi connectivity index (χ0v) is 18.3. The van der Waals surface area contributed by atoms with Crippen LogP contribution in [0.5, 0.6) is 11.5 Å². The summed E-state index contributed by atoms with van der Waals surface area (Å²) in [7, 11) is 2.03. The molecule has 0 saturated carbocycles. The molecule has 2 aromatic rings. The van der Waals surface area contributed by atoms with Crippen molar-refractivity contribution >= 4 is 11.9 Å². The molecule has 0 atom stereocenters. The number of benzene rings is 2. The second-order valence-corrected chi connectivity index (χ2v) is 7.95. The van der Waals surface area contributed by atoms with Crippen molar-refractivity contribution in [2.45, 2.75) is 39.4 Å². The van der Waals surface area contributed by atoms with E-state index in [-0.39, 0.29) is 12.7 Å². The SMILES string of the molecule is CCNC(=NCc1cccc(CN2CCCC2=O)c1)N(C)Cc1ccc2c(c1)OCO2. The summed E-state index contributed by atoms with van der Waals surface area (Å²) in [6.07, 6.45) is 1.64. The fourth-order valence-corrected chi connectivity index (χ4v) is 3.94. The molecule has 2 aliphatic heterocycles. The number of hydrogen-bond donors (Lipinski definition) is 1. The quantitative estimate of drug-likeness (QED) is 0.549. The second-order valence-electron chi connectivity index (χ2n) is 7.95. The Morgan fingerprint density at radius 3 is 2.77 bits per heavy atom. The molecule has 7 heteroatoms. The number of likely N-dealkylation sites (tertiary alicyclic amines) is 1. The van der Waals surface area contributed by atoms with Gasteiger partial charge in [-0.05, 0) is 42.2 Å². The van der Waals surface area contributed by atoms with Crippen molar-refractivity contribution in [3.8, 4) is 11.5 Å². The van der Waals surface area contributed by atoms with Crippen LogP contribution in [0.1, 0.15) is 36.5 Å². The highest BCUT2D eigenvalue weighted by molar-refractivity contribution is 5.79. The zero-order valence-electron chi connectivity index (χ0n) is 18.3. The number of aliphatic imine (C=N–C) groups is 1. The summed E-state index contributed by atoms with van der Waals surface area (Å²) in [5.41, 5.74) is 3.42. The minimum absolute atomic E-state index is 0.253. The molecule has 2 aliphatic rings. The van der Waals surface area contributed by atoms with Crippen molar-refractivity contribution < 1.29 is 14.3 Å². The highest BCUT2D eigenvalue weighted by Gasteiger charge is 2.20. The van der Waals surface area contributed by atoms with Gasteiger partial charge < -0.3 is 24.6 Å². The first-order valence-electron chi connectivity index (χ1n) is 10.9. The summed E-state index contributed by atoms with van der Waals surface area (Å²) < 4.78 is 10.9. The predicted molar refractivity (Wildman–Crippen MR) is 120 cm³/mol. The van der Waals surface area contributed by atoms with Crippen LogP contribution in [-0.2, 0) is 24.4 Å². The van der Waals surface area contributed by atoms with E-state index in [1.165, 1.54) is 0 Å². The van der Waals surface area contributed by atoms with Gasteiger partial charge in [-0.25, -0.2) is 4.99 Å². The lowest BCUT2D eigenvalue weighted by Gasteiger charge is -2.22. The molecule has 4 rings (SSSR count). The van der Waals surface area contributed by atoms with Crippen LogP contribution in [-0.4, -0.2) is 48.6 Å². The Balaban J connectivity index is 1.41. The maximum atomic E-state index is 11.9. The van der Waals surface area contributed by atoms with Crippen LogP contribution < -0.4 is 14.8 Å². The smallest absolute Gasteiger partial charge is 0.231 e. The number of amides is 1. The van der Waals surface area contributed by atoms with Crippen LogP contribution in [0.3, 0.4) is 0 Å². The minimum atomic E-state index is 0.253. The van der Waals surface area contributed by atoms with Crippen molar-refractivity contribution in [2.24, 2.45) is 4.99 Å². The van der Waals surface area contributed by atoms with Crippen LogP contribution >= 0.6 is 0 Å². The summed E-state index contributed by atoms with van der Waals surface area (Å²) >= 11 is 0. The third-order valence-electron chi connectivity index (χ3n) is 5.50. The molecule has 1 saturated heterocycles. The number of guanidine groups is 1. The molecule has 164 valence electrons. The van der Waals surface area contributed by atoms with Gasteiger partial charge in [-0.3, -0.25) is 4.79 Å². The highest BCUT2D eigenvalue weighted by Crippen LogP contribution is 2.32. The molecule has 2 heterocycles. The van der Waals surface area contributed by atoms with E-state index in [2.05, 4.69) is 41.4 Å². The number of hydrogen-bond acceptors (Lipinski definition) is 4. The number of carbonyl (C=O) groups excluding carboxylic acids is 1. The highest BCUT2D eigenvalue weighted by atomic mass is 16.7. The largest absolute Gasteiger partial charge is 0.454 e. The molecule has 7 nitrogen and oxygen atoms in total. The van der Waals surface area contributed by atoms with Crippen LogP contribution in [0.2, 0.25) is 0 Å². The van der Waals surface area contributed by atoms with Crippen LogP contribution in [0.15, 0.2) is 47.5 Å². The number of rotatable bonds is 7. The van der Waals surface area contributed by atoms with Crippen molar-refractivity contribution in [2.75, 3.05) is 26.9 Å². The minimum Gasteiger partial charge on any atom is -0.454 e. The van der Waals surface area contributed by atoms with E-state index < -0.39 is 0 Å². The van der Waals surface area contributed by atoms with Crippen molar-refractivity contribution in [3.63, 3.8) is 0 Å². The third kappa shape index (κ3) is 5.29. The molecule has 0 radical (unpaired) electrons. The average Bonchev–Trinajstić information content (AvgIpc) is 3.40. The molecule has 0 aromatic heterocycles. The molecule has 31 heavy (non-hydrogen) atoms. The number of nitrogens with zero attached hydrogens (tertiary/aromatic N) is 3. The van der Waals surface area contributed by atoms with E-state index in [1.54, 1.807) is 0 Å². The van der Waals surface area contributed by atoms with Crippen LogP contribution in [0.25, 0.3) is 0 Å². The predicted octanol–water partition coefficient (Wildman–Crippen LogP) is 3.14. The van der Waals surface area contributed by atoms with Gasteiger partial charge >= 0.3 is 0 Å². The van der Waals surface area contributed by atoms with E-state index in [0.29, 0.717) is 26.1 Å². The summed E-state index contributed by atoms with van der Waals surface area (Å²) in [6.45, 7) is 5.97. The maximum absolute atomic E-state index is 11.9. The average molecular weight is 423 g/mol. The molecule has 2 aromatic carbocycles. The Hall–Kier alpha value is -3.22. The van der Waals surface area contributed by atoms with E-state index in [0.717, 1.165) is 53.7 Å². The normalized spacial score (nSPS) is 15.5. The van der Waals surface area contributed by atoms with E-state index in [1.807, 2.05) is 30.1 Å². The van der Waals surface area contributed by atoms with Gasteiger partial charge in [-0.15, -0.1) is 0 Å². The van der Waals surface area contributed by atoms with Gasteiger partial charge in [0.25, 0.3) is 0 Å². The molecule has 1 fully saturated rings. The molecular formula is C24H30N4O3. The lowest BCUT2D eigenvalue weighted by molar-refractivity contribution is -0.128. The molecule has 0 aliphatic carbocycles. The summed E-state index contributed by atoms with van der Waals surface area (Å²) in [5.74, 6) is 2.69. The third-order valence-corrected chi connectivity index (χ3v) is 5.50. The summed E-state index contributed by atoms with van der Waals surface area (Å²) in [5, 5.41) is 3.37. The van der Waals surface area contributed by atoms with Gasteiger partial charge in [0.1, 0.15) is 0 Å². The Morgan fingerprint density at radius 1 is 1.13 bits per heavy atom.